The second-order valence-corrected chi connectivity index (χ2v) is 8.26. The van der Waals surface area contributed by atoms with Crippen molar-refractivity contribution >= 4 is 21.0 Å². The molecular weight excluding hydrogens is 390 g/mol. The number of hydrogen-bond donors (Lipinski definition) is 2. The van der Waals surface area contributed by atoms with Crippen molar-refractivity contribution in [2.75, 3.05) is 0 Å². The van der Waals surface area contributed by atoms with Crippen LogP contribution >= 0.6 is 0 Å². The fraction of sp³-hybridized carbons (Fsp3) is 0.0455. The third kappa shape index (κ3) is 3.41. The summed E-state index contributed by atoms with van der Waals surface area (Å²) >= 11 is 0. The number of aromatic hydroxyl groups is 1. The van der Waals surface area contributed by atoms with Crippen LogP contribution in [0.5, 0.6) is 5.75 Å². The molecule has 29 heavy (non-hydrogen) atoms. The highest BCUT2D eigenvalue weighted by atomic mass is 32.2. The van der Waals surface area contributed by atoms with E-state index in [2.05, 4.69) is 0 Å². The first kappa shape index (κ1) is 18.9. The second kappa shape index (κ2) is 6.88. The van der Waals surface area contributed by atoms with Crippen LogP contribution in [-0.2, 0) is 10.0 Å². The lowest BCUT2D eigenvalue weighted by Gasteiger charge is -2.12. The molecule has 0 aliphatic carbocycles. The quantitative estimate of drug-likeness (QED) is 0.537. The van der Waals surface area contributed by atoms with Crippen LogP contribution in [0.25, 0.3) is 33.4 Å². The Morgan fingerprint density at radius 3 is 2.24 bits per heavy atom. The summed E-state index contributed by atoms with van der Waals surface area (Å²) in [6.07, 6.45) is 0. The van der Waals surface area contributed by atoms with Gasteiger partial charge in [-0.1, -0.05) is 18.2 Å². The van der Waals surface area contributed by atoms with Gasteiger partial charge in [0.2, 0.25) is 15.5 Å². The van der Waals surface area contributed by atoms with E-state index in [0.717, 1.165) is 0 Å². The van der Waals surface area contributed by atoms with Crippen LogP contribution in [0.2, 0.25) is 0 Å². The van der Waals surface area contributed by atoms with Crippen LogP contribution in [0.4, 0.5) is 0 Å². The molecule has 0 saturated carbocycles. The number of para-hydroxylation sites is 1. The molecular formula is C22H17NO5S. The molecule has 1 aromatic heterocycles. The summed E-state index contributed by atoms with van der Waals surface area (Å²) in [7, 11) is -3.84. The zero-order valence-electron chi connectivity index (χ0n) is 15.4. The molecule has 0 spiro atoms. The highest BCUT2D eigenvalue weighted by Gasteiger charge is 2.19. The van der Waals surface area contributed by atoms with Crippen LogP contribution in [0, 0.1) is 6.92 Å². The summed E-state index contributed by atoms with van der Waals surface area (Å²) in [4.78, 5) is 13.3. The van der Waals surface area contributed by atoms with Crippen molar-refractivity contribution < 1.29 is 17.9 Å². The average Bonchev–Trinajstić information content (AvgIpc) is 2.70. The molecule has 4 rings (SSSR count). The van der Waals surface area contributed by atoms with Crippen molar-refractivity contribution in [1.29, 1.82) is 0 Å². The first-order valence-electron chi connectivity index (χ1n) is 8.75. The number of fused-ring (bicyclic) bond motifs is 1. The molecule has 6 nitrogen and oxygen atoms in total. The molecule has 146 valence electrons. The maximum atomic E-state index is 13.3. The molecule has 0 atom stereocenters. The van der Waals surface area contributed by atoms with Crippen molar-refractivity contribution in [3.63, 3.8) is 0 Å². The largest absolute Gasteiger partial charge is 0.508 e. The average molecular weight is 407 g/mol. The molecule has 0 aliphatic rings. The van der Waals surface area contributed by atoms with Gasteiger partial charge in [-0.2, -0.15) is 0 Å². The number of phenols is 1. The summed E-state index contributed by atoms with van der Waals surface area (Å²) in [6.45, 7) is 1.74. The Balaban J connectivity index is 2.04. The smallest absolute Gasteiger partial charge is 0.238 e. The van der Waals surface area contributed by atoms with Crippen LogP contribution < -0.4 is 10.6 Å². The molecule has 7 heteroatoms. The molecule has 0 saturated heterocycles. The van der Waals surface area contributed by atoms with Crippen molar-refractivity contribution in [3.05, 3.63) is 82.5 Å². The van der Waals surface area contributed by atoms with E-state index in [1.165, 1.54) is 18.2 Å². The van der Waals surface area contributed by atoms with Gasteiger partial charge in [-0.25, -0.2) is 13.6 Å². The SMILES string of the molecule is Cc1cc(-c2c(-c3ccc(S(N)(=O)=O)cc3)oc3ccccc3c2=O)ccc1O. The lowest BCUT2D eigenvalue weighted by atomic mass is 9.97. The fourth-order valence-electron chi connectivity index (χ4n) is 3.21. The number of rotatable bonds is 3. The number of sulfonamides is 1. The van der Waals surface area contributed by atoms with Gasteiger partial charge in [0.15, 0.2) is 0 Å². The summed E-state index contributed by atoms with van der Waals surface area (Å²) in [5, 5.41) is 15.5. The maximum absolute atomic E-state index is 13.3. The summed E-state index contributed by atoms with van der Waals surface area (Å²) in [5.74, 6) is 0.428. The van der Waals surface area contributed by atoms with Crippen LogP contribution in [0.3, 0.4) is 0 Å². The van der Waals surface area contributed by atoms with Gasteiger partial charge in [-0.05, 0) is 66.6 Å². The number of phenolic OH excluding ortho intramolecular Hbond substituents is 1. The molecule has 0 radical (unpaired) electrons. The monoisotopic (exact) mass is 407 g/mol. The van der Waals surface area contributed by atoms with Crippen LogP contribution in [0.1, 0.15) is 5.56 Å². The molecule has 0 amide bonds. The Hall–Kier alpha value is -3.42. The molecule has 0 aliphatic heterocycles. The maximum Gasteiger partial charge on any atom is 0.238 e. The number of aryl methyl sites for hydroxylation is 1. The van der Waals surface area contributed by atoms with Gasteiger partial charge in [-0.3, -0.25) is 4.79 Å². The highest BCUT2D eigenvalue weighted by Crippen LogP contribution is 2.34. The molecule has 0 unspecified atom stereocenters. The Bertz CT molecular complexity index is 1400. The van der Waals surface area contributed by atoms with E-state index >= 15 is 0 Å². The van der Waals surface area contributed by atoms with E-state index in [0.29, 0.717) is 39.0 Å². The summed E-state index contributed by atoms with van der Waals surface area (Å²) in [5.41, 5.74) is 2.26. The molecule has 3 aromatic carbocycles. The Morgan fingerprint density at radius 1 is 0.931 bits per heavy atom. The van der Waals surface area contributed by atoms with Crippen molar-refractivity contribution in [2.24, 2.45) is 5.14 Å². The van der Waals surface area contributed by atoms with E-state index in [1.54, 1.807) is 55.5 Å². The highest BCUT2D eigenvalue weighted by molar-refractivity contribution is 7.89. The van der Waals surface area contributed by atoms with Gasteiger partial charge in [0.25, 0.3) is 0 Å². The minimum absolute atomic E-state index is 0.0357. The lowest BCUT2D eigenvalue weighted by Crippen LogP contribution is -2.12. The minimum atomic E-state index is -3.84. The Labute approximate surface area is 166 Å². The van der Waals surface area contributed by atoms with Crippen molar-refractivity contribution in [2.45, 2.75) is 11.8 Å². The van der Waals surface area contributed by atoms with E-state index in [-0.39, 0.29) is 16.1 Å². The first-order valence-corrected chi connectivity index (χ1v) is 10.3. The number of benzene rings is 3. The number of nitrogens with two attached hydrogens (primary N) is 1. The Kier molecular flexibility index (Phi) is 4.49. The number of primary sulfonamides is 1. The molecule has 3 N–H and O–H groups in total. The topological polar surface area (TPSA) is 111 Å². The van der Waals surface area contributed by atoms with E-state index in [4.69, 9.17) is 9.56 Å². The molecule has 1 heterocycles. The molecule has 4 aromatic rings. The molecule has 0 bridgehead atoms. The van der Waals surface area contributed by atoms with Gasteiger partial charge in [0.1, 0.15) is 17.1 Å². The summed E-state index contributed by atoms with van der Waals surface area (Å²) in [6, 6.07) is 17.6. The van der Waals surface area contributed by atoms with Crippen LogP contribution in [0.15, 0.2) is 80.8 Å². The van der Waals surface area contributed by atoms with Gasteiger partial charge < -0.3 is 9.52 Å². The van der Waals surface area contributed by atoms with E-state index in [1.807, 2.05) is 0 Å². The first-order chi connectivity index (χ1) is 13.8. The minimum Gasteiger partial charge on any atom is -0.508 e. The van der Waals surface area contributed by atoms with Gasteiger partial charge >= 0.3 is 0 Å². The lowest BCUT2D eigenvalue weighted by molar-refractivity contribution is 0.471. The normalized spacial score (nSPS) is 11.7. The van der Waals surface area contributed by atoms with E-state index in [9.17, 15) is 18.3 Å². The zero-order chi connectivity index (χ0) is 20.8. The predicted molar refractivity (Wildman–Crippen MR) is 111 cm³/mol. The van der Waals surface area contributed by atoms with Crippen molar-refractivity contribution in [1.82, 2.24) is 0 Å². The Morgan fingerprint density at radius 2 is 1.59 bits per heavy atom. The fourth-order valence-corrected chi connectivity index (χ4v) is 3.73. The third-order valence-corrected chi connectivity index (χ3v) is 5.66. The van der Waals surface area contributed by atoms with Crippen molar-refractivity contribution in [3.8, 4) is 28.2 Å². The standard InChI is InChI=1S/C22H17NO5S/c1-13-12-15(8-11-18(13)24)20-21(25)17-4-2-3-5-19(17)28-22(20)14-6-9-16(10-7-14)29(23,26)27/h2-12,24H,1H3,(H2,23,26,27). The summed E-state index contributed by atoms with van der Waals surface area (Å²) < 4.78 is 29.2. The van der Waals surface area contributed by atoms with E-state index < -0.39 is 10.0 Å². The van der Waals surface area contributed by atoms with Gasteiger partial charge in [0, 0.05) is 5.56 Å². The predicted octanol–water partition coefficient (Wildman–Crippen LogP) is 3.79. The second-order valence-electron chi connectivity index (χ2n) is 6.70. The van der Waals surface area contributed by atoms with Gasteiger partial charge in [-0.15, -0.1) is 0 Å². The van der Waals surface area contributed by atoms with Gasteiger partial charge in [0.05, 0.1) is 15.8 Å². The molecule has 0 fully saturated rings. The third-order valence-electron chi connectivity index (χ3n) is 4.73. The number of hydrogen-bond acceptors (Lipinski definition) is 5. The van der Waals surface area contributed by atoms with Crippen LogP contribution in [-0.4, -0.2) is 13.5 Å². The zero-order valence-corrected chi connectivity index (χ0v) is 16.2.